The minimum absolute atomic E-state index is 0.0878. The molecule has 98 valence electrons. The van der Waals surface area contributed by atoms with Gasteiger partial charge in [-0.2, -0.15) is 0 Å². The molecule has 3 rings (SSSR count). The Balaban J connectivity index is 2.04. The van der Waals surface area contributed by atoms with Crippen molar-refractivity contribution in [1.29, 1.82) is 0 Å². The van der Waals surface area contributed by atoms with Gasteiger partial charge < -0.3 is 4.98 Å². The van der Waals surface area contributed by atoms with Crippen LogP contribution in [0.5, 0.6) is 0 Å². The molecule has 0 amide bonds. The van der Waals surface area contributed by atoms with Crippen molar-refractivity contribution in [3.63, 3.8) is 0 Å². The normalized spacial score (nSPS) is 15.8. The summed E-state index contributed by atoms with van der Waals surface area (Å²) in [7, 11) is 0. The molecule has 2 aromatic rings. The molecule has 1 saturated carbocycles. The quantitative estimate of drug-likeness (QED) is 0.897. The zero-order chi connectivity index (χ0) is 13.2. The fourth-order valence-corrected chi connectivity index (χ4v) is 2.70. The molecule has 0 atom stereocenters. The number of aryl methyl sites for hydroxylation is 1. The molecule has 19 heavy (non-hydrogen) atoms. The van der Waals surface area contributed by atoms with Gasteiger partial charge in [0.15, 0.2) is 5.82 Å². The van der Waals surface area contributed by atoms with Crippen LogP contribution in [0.1, 0.15) is 43.0 Å². The fourth-order valence-electron chi connectivity index (χ4n) is 2.70. The van der Waals surface area contributed by atoms with E-state index >= 15 is 0 Å². The fraction of sp³-hybridized carbons (Fsp3) is 0.400. The molecular weight excluding hydrogens is 238 g/mol. The Morgan fingerprint density at radius 3 is 2.74 bits per heavy atom. The third-order valence-corrected chi connectivity index (χ3v) is 3.67. The second-order valence-corrected chi connectivity index (χ2v) is 5.16. The van der Waals surface area contributed by atoms with Gasteiger partial charge in [-0.15, -0.1) is 0 Å². The predicted octanol–water partition coefficient (Wildman–Crippen LogP) is 2.80. The van der Waals surface area contributed by atoms with Crippen LogP contribution in [0.3, 0.4) is 0 Å². The lowest BCUT2D eigenvalue weighted by molar-refractivity contribution is 0.693. The van der Waals surface area contributed by atoms with E-state index in [0.29, 0.717) is 11.7 Å². The SMILES string of the molecule is Cc1cccc(-c2nc(C3CCCC3)cc(=O)[nH]2)n1. The lowest BCUT2D eigenvalue weighted by Gasteiger charge is -2.09. The van der Waals surface area contributed by atoms with Crippen molar-refractivity contribution in [1.82, 2.24) is 15.0 Å². The molecule has 0 aliphatic heterocycles. The van der Waals surface area contributed by atoms with Gasteiger partial charge in [0.25, 0.3) is 5.56 Å². The molecule has 2 aromatic heterocycles. The molecule has 4 nitrogen and oxygen atoms in total. The summed E-state index contributed by atoms with van der Waals surface area (Å²) in [5, 5.41) is 0. The standard InChI is InChI=1S/C15H17N3O/c1-10-5-4-8-12(16-10)15-17-13(9-14(19)18-15)11-6-2-3-7-11/h4-5,8-9,11H,2-3,6-7H2,1H3,(H,17,18,19). The van der Waals surface area contributed by atoms with E-state index in [1.165, 1.54) is 12.8 Å². The van der Waals surface area contributed by atoms with Crippen LogP contribution in [0.15, 0.2) is 29.1 Å². The Kier molecular flexibility index (Phi) is 3.15. The first-order valence-electron chi connectivity index (χ1n) is 6.78. The maximum atomic E-state index is 11.8. The van der Waals surface area contributed by atoms with Crippen LogP contribution in [-0.2, 0) is 0 Å². The predicted molar refractivity (Wildman–Crippen MR) is 74.0 cm³/mol. The van der Waals surface area contributed by atoms with Crippen molar-refractivity contribution in [3.8, 4) is 11.5 Å². The maximum Gasteiger partial charge on any atom is 0.251 e. The van der Waals surface area contributed by atoms with Crippen LogP contribution in [0.2, 0.25) is 0 Å². The van der Waals surface area contributed by atoms with Gasteiger partial charge in [0, 0.05) is 17.7 Å². The number of aromatic nitrogens is 3. The Morgan fingerprint density at radius 2 is 2.00 bits per heavy atom. The van der Waals surface area contributed by atoms with Crippen molar-refractivity contribution in [2.24, 2.45) is 0 Å². The summed E-state index contributed by atoms with van der Waals surface area (Å²) in [6.07, 6.45) is 4.74. The lowest BCUT2D eigenvalue weighted by atomic mass is 10.0. The molecule has 1 aliphatic carbocycles. The molecule has 0 aromatic carbocycles. The van der Waals surface area contributed by atoms with Gasteiger partial charge in [-0.1, -0.05) is 18.9 Å². The van der Waals surface area contributed by atoms with Crippen LogP contribution in [-0.4, -0.2) is 15.0 Å². The van der Waals surface area contributed by atoms with Gasteiger partial charge in [-0.3, -0.25) is 4.79 Å². The number of hydrogen-bond acceptors (Lipinski definition) is 3. The summed E-state index contributed by atoms with van der Waals surface area (Å²) >= 11 is 0. The average molecular weight is 255 g/mol. The van der Waals surface area contributed by atoms with Crippen molar-refractivity contribution in [2.75, 3.05) is 0 Å². The molecule has 1 N–H and O–H groups in total. The smallest absolute Gasteiger partial charge is 0.251 e. The van der Waals surface area contributed by atoms with E-state index in [1.54, 1.807) is 6.07 Å². The monoisotopic (exact) mass is 255 g/mol. The molecule has 0 unspecified atom stereocenters. The number of rotatable bonds is 2. The van der Waals surface area contributed by atoms with Gasteiger partial charge in [0.1, 0.15) is 5.69 Å². The molecule has 1 fully saturated rings. The van der Waals surface area contributed by atoms with Gasteiger partial charge in [-0.25, -0.2) is 9.97 Å². The van der Waals surface area contributed by atoms with Gasteiger partial charge in [0.05, 0.1) is 5.69 Å². The third kappa shape index (κ3) is 2.57. The zero-order valence-electron chi connectivity index (χ0n) is 11.0. The number of aromatic amines is 1. The van der Waals surface area contributed by atoms with Gasteiger partial charge in [0.2, 0.25) is 0 Å². The van der Waals surface area contributed by atoms with Crippen LogP contribution in [0.4, 0.5) is 0 Å². The topological polar surface area (TPSA) is 58.6 Å². The van der Waals surface area contributed by atoms with Crippen LogP contribution < -0.4 is 5.56 Å². The Labute approximate surface area is 111 Å². The van der Waals surface area contributed by atoms with E-state index in [9.17, 15) is 4.79 Å². The summed E-state index contributed by atoms with van der Waals surface area (Å²) < 4.78 is 0. The Hall–Kier alpha value is -1.97. The first kappa shape index (κ1) is 12.1. The first-order chi connectivity index (χ1) is 9.22. The molecule has 4 heteroatoms. The number of hydrogen-bond donors (Lipinski definition) is 1. The van der Waals surface area contributed by atoms with E-state index in [2.05, 4.69) is 15.0 Å². The highest BCUT2D eigenvalue weighted by molar-refractivity contribution is 5.49. The molecule has 0 bridgehead atoms. The zero-order valence-corrected chi connectivity index (χ0v) is 11.0. The van der Waals surface area contributed by atoms with Crippen molar-refractivity contribution < 1.29 is 0 Å². The van der Waals surface area contributed by atoms with Crippen LogP contribution in [0, 0.1) is 6.92 Å². The molecule has 0 radical (unpaired) electrons. The van der Waals surface area contributed by atoms with Gasteiger partial charge >= 0.3 is 0 Å². The Bertz CT molecular complexity index is 642. The van der Waals surface area contributed by atoms with E-state index in [-0.39, 0.29) is 5.56 Å². The maximum absolute atomic E-state index is 11.8. The van der Waals surface area contributed by atoms with E-state index < -0.39 is 0 Å². The van der Waals surface area contributed by atoms with Crippen LogP contribution >= 0.6 is 0 Å². The van der Waals surface area contributed by atoms with E-state index in [4.69, 9.17) is 0 Å². The number of pyridine rings is 1. The number of nitrogens with zero attached hydrogens (tertiary/aromatic N) is 2. The van der Waals surface area contributed by atoms with Crippen LogP contribution in [0.25, 0.3) is 11.5 Å². The molecule has 2 heterocycles. The Morgan fingerprint density at radius 1 is 1.21 bits per heavy atom. The van der Waals surface area contributed by atoms with E-state index in [0.717, 1.165) is 29.9 Å². The first-order valence-corrected chi connectivity index (χ1v) is 6.78. The van der Waals surface area contributed by atoms with Crippen molar-refractivity contribution in [2.45, 2.75) is 38.5 Å². The summed E-state index contributed by atoms with van der Waals surface area (Å²) in [4.78, 5) is 23.6. The highest BCUT2D eigenvalue weighted by atomic mass is 16.1. The van der Waals surface area contributed by atoms with Crippen molar-refractivity contribution >= 4 is 0 Å². The largest absolute Gasteiger partial charge is 0.305 e. The second kappa shape index (κ2) is 4.96. The molecule has 1 aliphatic rings. The minimum atomic E-state index is -0.0878. The minimum Gasteiger partial charge on any atom is -0.305 e. The summed E-state index contributed by atoms with van der Waals surface area (Å²) in [5.41, 5.74) is 2.48. The highest BCUT2D eigenvalue weighted by Gasteiger charge is 2.19. The van der Waals surface area contributed by atoms with Gasteiger partial charge in [-0.05, 0) is 31.9 Å². The average Bonchev–Trinajstić information content (AvgIpc) is 2.92. The summed E-state index contributed by atoms with van der Waals surface area (Å²) in [6, 6.07) is 7.38. The van der Waals surface area contributed by atoms with Crippen molar-refractivity contribution in [3.05, 3.63) is 46.0 Å². The van der Waals surface area contributed by atoms with E-state index in [1.807, 2.05) is 25.1 Å². The lowest BCUT2D eigenvalue weighted by Crippen LogP contribution is -2.12. The number of H-pyrrole nitrogens is 1. The second-order valence-electron chi connectivity index (χ2n) is 5.16. The molecular formula is C15H17N3O. The third-order valence-electron chi connectivity index (χ3n) is 3.67. The molecule has 0 spiro atoms. The summed E-state index contributed by atoms with van der Waals surface area (Å²) in [6.45, 7) is 1.93. The number of nitrogens with one attached hydrogen (secondary N) is 1. The highest BCUT2D eigenvalue weighted by Crippen LogP contribution is 2.32. The summed E-state index contributed by atoms with van der Waals surface area (Å²) in [5.74, 6) is 1.02. The molecule has 0 saturated heterocycles.